The van der Waals surface area contributed by atoms with Gasteiger partial charge in [-0.05, 0) is 32.1 Å². The van der Waals surface area contributed by atoms with E-state index in [1.807, 2.05) is 6.08 Å². The van der Waals surface area contributed by atoms with Crippen molar-refractivity contribution < 1.29 is 19.7 Å². The summed E-state index contributed by atoms with van der Waals surface area (Å²) in [6.45, 7) is 0. The van der Waals surface area contributed by atoms with E-state index in [-0.39, 0.29) is 30.3 Å². The van der Waals surface area contributed by atoms with Gasteiger partial charge in [-0.3, -0.25) is 0 Å². The zero-order chi connectivity index (χ0) is 11.8. The molecule has 17 heavy (non-hydrogen) atoms. The first-order valence-electron chi connectivity index (χ1n) is 6.58. The Kier molecular flexibility index (Phi) is 3.21. The van der Waals surface area contributed by atoms with Crippen LogP contribution in [0.2, 0.25) is 0 Å². The molecule has 4 atom stereocenters. The maximum atomic E-state index is 10.1. The highest BCUT2D eigenvalue weighted by atomic mass is 16.6. The molecule has 0 spiro atoms. The van der Waals surface area contributed by atoms with E-state index in [1.54, 1.807) is 0 Å². The molecule has 2 bridgehead atoms. The molecule has 3 rings (SSSR count). The van der Waals surface area contributed by atoms with E-state index in [4.69, 9.17) is 9.47 Å². The van der Waals surface area contributed by atoms with Crippen molar-refractivity contribution >= 4 is 0 Å². The highest BCUT2D eigenvalue weighted by Crippen LogP contribution is 2.37. The molecule has 0 radical (unpaired) electrons. The van der Waals surface area contributed by atoms with E-state index in [0.717, 1.165) is 32.1 Å². The molecule has 0 amide bonds. The predicted molar refractivity (Wildman–Crippen MR) is 61.3 cm³/mol. The van der Waals surface area contributed by atoms with Gasteiger partial charge in [0.15, 0.2) is 6.29 Å². The Morgan fingerprint density at radius 2 is 1.94 bits per heavy atom. The van der Waals surface area contributed by atoms with Crippen molar-refractivity contribution in [1.82, 2.24) is 0 Å². The molecule has 0 aromatic carbocycles. The van der Waals surface area contributed by atoms with Crippen LogP contribution >= 0.6 is 0 Å². The summed E-state index contributed by atoms with van der Waals surface area (Å²) in [6.07, 6.45) is 7.59. The molecule has 2 aliphatic heterocycles. The fraction of sp³-hybridized carbons (Fsp3) is 0.846. The molecule has 0 aromatic heterocycles. The second kappa shape index (κ2) is 4.69. The van der Waals surface area contributed by atoms with Crippen LogP contribution in [0.5, 0.6) is 0 Å². The minimum atomic E-state index is -0.727. The van der Waals surface area contributed by atoms with Gasteiger partial charge in [0.05, 0.1) is 24.4 Å². The van der Waals surface area contributed by atoms with Crippen LogP contribution < -0.4 is 0 Å². The fourth-order valence-corrected chi connectivity index (χ4v) is 3.06. The third kappa shape index (κ3) is 2.40. The van der Waals surface area contributed by atoms with Gasteiger partial charge in [-0.1, -0.05) is 12.2 Å². The minimum absolute atomic E-state index is 0.0316. The van der Waals surface area contributed by atoms with E-state index in [2.05, 4.69) is 6.08 Å². The summed E-state index contributed by atoms with van der Waals surface area (Å²) in [5.41, 5.74) is 0. The number of ether oxygens (including phenoxy) is 2. The first-order valence-corrected chi connectivity index (χ1v) is 6.58. The lowest BCUT2D eigenvalue weighted by Crippen LogP contribution is -2.35. The van der Waals surface area contributed by atoms with Gasteiger partial charge < -0.3 is 19.7 Å². The Labute approximate surface area is 101 Å². The Hall–Kier alpha value is -0.420. The molecule has 0 aromatic rings. The third-order valence-electron chi connectivity index (χ3n) is 4.12. The van der Waals surface area contributed by atoms with Crippen molar-refractivity contribution in [1.29, 1.82) is 0 Å². The molecular weight excluding hydrogens is 220 g/mol. The summed E-state index contributed by atoms with van der Waals surface area (Å²) in [4.78, 5) is 0. The molecule has 1 saturated heterocycles. The van der Waals surface area contributed by atoms with Gasteiger partial charge in [-0.25, -0.2) is 0 Å². The fourth-order valence-electron chi connectivity index (χ4n) is 3.06. The molecule has 2 heterocycles. The largest absolute Gasteiger partial charge is 0.393 e. The van der Waals surface area contributed by atoms with E-state index in [9.17, 15) is 10.2 Å². The Balaban J connectivity index is 1.50. The highest BCUT2D eigenvalue weighted by Gasteiger charge is 2.42. The second-order valence-corrected chi connectivity index (χ2v) is 5.38. The van der Waals surface area contributed by atoms with Crippen molar-refractivity contribution in [2.45, 2.75) is 62.8 Å². The molecule has 2 fully saturated rings. The summed E-state index contributed by atoms with van der Waals surface area (Å²) < 4.78 is 11.3. The van der Waals surface area contributed by atoms with Crippen molar-refractivity contribution in [3.63, 3.8) is 0 Å². The topological polar surface area (TPSA) is 58.9 Å². The summed E-state index contributed by atoms with van der Waals surface area (Å²) in [5, 5.41) is 19.5. The standard InChI is InChI=1S/C13H20O4/c14-8-1-3-9(4-2-8)17-13(15)11-7-10-5-6-12(11)16-10/h5-6,8-15H,1-4,7H2. The Morgan fingerprint density at radius 3 is 2.53 bits per heavy atom. The van der Waals surface area contributed by atoms with Crippen LogP contribution in [0.15, 0.2) is 12.2 Å². The molecule has 4 heteroatoms. The van der Waals surface area contributed by atoms with E-state index in [0.29, 0.717) is 0 Å². The van der Waals surface area contributed by atoms with E-state index < -0.39 is 6.29 Å². The zero-order valence-corrected chi connectivity index (χ0v) is 9.87. The first kappa shape index (κ1) is 11.7. The molecule has 4 nitrogen and oxygen atoms in total. The number of aliphatic hydroxyl groups is 2. The van der Waals surface area contributed by atoms with Crippen LogP contribution in [0.25, 0.3) is 0 Å². The molecule has 3 aliphatic rings. The van der Waals surface area contributed by atoms with Crippen molar-refractivity contribution in [3.8, 4) is 0 Å². The number of rotatable bonds is 3. The smallest absolute Gasteiger partial charge is 0.160 e. The SMILES string of the molecule is OC1CCC(OC(O)C2CC3C=CC2O3)CC1. The van der Waals surface area contributed by atoms with Gasteiger partial charge in [0.2, 0.25) is 0 Å². The maximum absolute atomic E-state index is 10.1. The quantitative estimate of drug-likeness (QED) is 0.570. The average molecular weight is 240 g/mol. The number of hydrogen-bond acceptors (Lipinski definition) is 4. The van der Waals surface area contributed by atoms with Crippen molar-refractivity contribution in [2.75, 3.05) is 0 Å². The monoisotopic (exact) mass is 240 g/mol. The predicted octanol–water partition coefficient (Wildman–Crippen LogP) is 0.968. The summed E-state index contributed by atoms with van der Waals surface area (Å²) in [7, 11) is 0. The van der Waals surface area contributed by atoms with Gasteiger partial charge in [0.1, 0.15) is 0 Å². The lowest BCUT2D eigenvalue weighted by atomic mass is 9.92. The van der Waals surface area contributed by atoms with Crippen LogP contribution in [-0.4, -0.2) is 40.9 Å². The van der Waals surface area contributed by atoms with Gasteiger partial charge in [0, 0.05) is 5.92 Å². The van der Waals surface area contributed by atoms with Gasteiger partial charge in [0.25, 0.3) is 0 Å². The van der Waals surface area contributed by atoms with Crippen LogP contribution in [0, 0.1) is 5.92 Å². The number of hydrogen-bond donors (Lipinski definition) is 2. The maximum Gasteiger partial charge on any atom is 0.160 e. The summed E-state index contributed by atoms with van der Waals surface area (Å²) in [6, 6.07) is 0. The van der Waals surface area contributed by atoms with Gasteiger partial charge in [-0.2, -0.15) is 0 Å². The van der Waals surface area contributed by atoms with Crippen LogP contribution in [0.3, 0.4) is 0 Å². The van der Waals surface area contributed by atoms with Gasteiger partial charge in [-0.15, -0.1) is 0 Å². The molecule has 4 unspecified atom stereocenters. The van der Waals surface area contributed by atoms with E-state index >= 15 is 0 Å². The molecule has 1 saturated carbocycles. The van der Waals surface area contributed by atoms with E-state index in [1.165, 1.54) is 0 Å². The normalized spacial score (nSPS) is 46.4. The van der Waals surface area contributed by atoms with Crippen molar-refractivity contribution in [2.24, 2.45) is 5.92 Å². The number of aliphatic hydroxyl groups excluding tert-OH is 2. The zero-order valence-electron chi connectivity index (χ0n) is 9.87. The first-order chi connectivity index (χ1) is 8.22. The molecule has 2 N–H and O–H groups in total. The van der Waals surface area contributed by atoms with Crippen LogP contribution in [0.1, 0.15) is 32.1 Å². The summed E-state index contributed by atoms with van der Waals surface area (Å²) >= 11 is 0. The molecule has 96 valence electrons. The lowest BCUT2D eigenvalue weighted by Gasteiger charge is -2.30. The third-order valence-corrected chi connectivity index (χ3v) is 4.12. The van der Waals surface area contributed by atoms with Crippen LogP contribution in [-0.2, 0) is 9.47 Å². The molecular formula is C13H20O4. The number of fused-ring (bicyclic) bond motifs is 2. The minimum Gasteiger partial charge on any atom is -0.393 e. The average Bonchev–Trinajstić information content (AvgIpc) is 2.94. The lowest BCUT2D eigenvalue weighted by molar-refractivity contribution is -0.180. The Bertz CT molecular complexity index is 296. The molecule has 1 aliphatic carbocycles. The van der Waals surface area contributed by atoms with Gasteiger partial charge >= 0.3 is 0 Å². The Morgan fingerprint density at radius 1 is 1.18 bits per heavy atom. The second-order valence-electron chi connectivity index (χ2n) is 5.38. The van der Waals surface area contributed by atoms with Crippen molar-refractivity contribution in [3.05, 3.63) is 12.2 Å². The summed E-state index contributed by atoms with van der Waals surface area (Å²) in [5.74, 6) is 0.0804. The van der Waals surface area contributed by atoms with Crippen LogP contribution in [0.4, 0.5) is 0 Å². The highest BCUT2D eigenvalue weighted by molar-refractivity contribution is 5.11.